The van der Waals surface area contributed by atoms with Crippen molar-refractivity contribution in [2.75, 3.05) is 7.11 Å². The van der Waals surface area contributed by atoms with E-state index in [1.807, 2.05) is 22.9 Å². The summed E-state index contributed by atoms with van der Waals surface area (Å²) in [6, 6.07) is 9.85. The molecule has 7 heteroatoms. The van der Waals surface area contributed by atoms with Gasteiger partial charge in [0.15, 0.2) is 0 Å². The largest absolute Gasteiger partial charge is 0.497 e. The number of nitrogens with zero attached hydrogens (tertiary/aromatic N) is 3. The zero-order valence-corrected chi connectivity index (χ0v) is 15.2. The van der Waals surface area contributed by atoms with Gasteiger partial charge in [-0.15, -0.1) is 0 Å². The number of ether oxygens (including phenoxy) is 1. The van der Waals surface area contributed by atoms with Crippen molar-refractivity contribution in [3.8, 4) is 11.4 Å². The van der Waals surface area contributed by atoms with Crippen molar-refractivity contribution in [3.05, 3.63) is 81.6 Å². The maximum absolute atomic E-state index is 14.6. The topological polar surface area (TPSA) is 38.4 Å². The summed E-state index contributed by atoms with van der Waals surface area (Å²) < 4.78 is 21.8. The Kier molecular flexibility index (Phi) is 4.34. The van der Waals surface area contributed by atoms with E-state index in [0.29, 0.717) is 38.5 Å². The number of aliphatic imine (C=N–C) groups is 1. The fourth-order valence-electron chi connectivity index (χ4n) is 2.97. The molecule has 2 aromatic carbocycles. The van der Waals surface area contributed by atoms with E-state index in [0.717, 1.165) is 5.69 Å². The molecule has 0 atom stereocenters. The molecule has 0 amide bonds. The Morgan fingerprint density at radius 1 is 1.19 bits per heavy atom. The maximum atomic E-state index is 14.6. The van der Waals surface area contributed by atoms with Crippen LogP contribution in [0.5, 0.6) is 5.75 Å². The molecular weight excluding hydrogens is 376 g/mol. The van der Waals surface area contributed by atoms with Crippen molar-refractivity contribution in [3.63, 3.8) is 0 Å². The first-order valence-corrected chi connectivity index (χ1v) is 8.58. The molecule has 3 aromatic rings. The van der Waals surface area contributed by atoms with Crippen molar-refractivity contribution >= 4 is 28.9 Å². The Balaban J connectivity index is 2.05. The SMILES string of the molecule is COc1ccc(F)c(C2=NCc3nccc[n+]3-c3ccc(Cl)c(Cl)c32)c1. The minimum Gasteiger partial charge on any atom is -0.497 e. The van der Waals surface area contributed by atoms with Gasteiger partial charge in [-0.05, 0) is 30.3 Å². The quantitative estimate of drug-likeness (QED) is 0.618. The Labute approximate surface area is 159 Å². The highest BCUT2D eigenvalue weighted by Gasteiger charge is 2.28. The molecule has 0 spiro atoms. The number of rotatable bonds is 2. The average molecular weight is 389 g/mol. The van der Waals surface area contributed by atoms with Crippen LogP contribution >= 0.6 is 23.2 Å². The van der Waals surface area contributed by atoms with Gasteiger partial charge >= 0.3 is 5.82 Å². The van der Waals surface area contributed by atoms with Crippen LogP contribution in [-0.2, 0) is 6.54 Å². The molecule has 0 saturated carbocycles. The van der Waals surface area contributed by atoms with E-state index >= 15 is 0 Å². The number of halogens is 3. The summed E-state index contributed by atoms with van der Waals surface area (Å²) in [6.45, 7) is 0.273. The molecule has 0 saturated heterocycles. The Bertz CT molecular complexity index is 1050. The smallest absolute Gasteiger partial charge is 0.324 e. The highest BCUT2D eigenvalue weighted by molar-refractivity contribution is 6.45. The van der Waals surface area contributed by atoms with Gasteiger partial charge < -0.3 is 4.74 Å². The molecule has 1 aliphatic heterocycles. The van der Waals surface area contributed by atoms with Gasteiger partial charge in [0.05, 0.1) is 28.4 Å². The first-order valence-electron chi connectivity index (χ1n) is 7.83. The van der Waals surface area contributed by atoms with Gasteiger partial charge in [-0.3, -0.25) is 4.99 Å². The second-order valence-corrected chi connectivity index (χ2v) is 6.46. The molecule has 130 valence electrons. The standard InChI is InChI=1S/C19H13Cl2FN3O/c1-26-11-3-5-14(22)12(9-11)19-17-15(6-4-13(20)18(17)21)25-8-2-7-23-16(25)10-24-19/h2-9H,10H2,1H3/q+1. The summed E-state index contributed by atoms with van der Waals surface area (Å²) in [5.41, 5.74) is 2.00. The van der Waals surface area contributed by atoms with Crippen LogP contribution in [0.1, 0.15) is 17.0 Å². The molecule has 1 aromatic heterocycles. The van der Waals surface area contributed by atoms with Crippen LogP contribution in [-0.4, -0.2) is 17.8 Å². The van der Waals surface area contributed by atoms with Crippen LogP contribution in [0.15, 0.2) is 53.8 Å². The lowest BCUT2D eigenvalue weighted by Crippen LogP contribution is -2.37. The fourth-order valence-corrected chi connectivity index (χ4v) is 3.37. The van der Waals surface area contributed by atoms with Gasteiger partial charge in [0, 0.05) is 11.6 Å². The fraction of sp³-hybridized carbons (Fsp3) is 0.105. The third kappa shape index (κ3) is 2.73. The summed E-state index contributed by atoms with van der Waals surface area (Å²) in [6.07, 6.45) is 3.56. The maximum Gasteiger partial charge on any atom is 0.324 e. The lowest BCUT2D eigenvalue weighted by atomic mass is 9.99. The molecule has 0 aliphatic carbocycles. The molecule has 0 unspecified atom stereocenters. The molecule has 2 heterocycles. The zero-order valence-electron chi connectivity index (χ0n) is 13.7. The van der Waals surface area contributed by atoms with Crippen molar-refractivity contribution in [2.45, 2.75) is 6.54 Å². The van der Waals surface area contributed by atoms with Gasteiger partial charge in [-0.25, -0.2) is 4.39 Å². The van der Waals surface area contributed by atoms with E-state index in [4.69, 9.17) is 27.9 Å². The Hall–Kier alpha value is -2.50. The van der Waals surface area contributed by atoms with Crippen LogP contribution < -0.4 is 9.30 Å². The van der Waals surface area contributed by atoms with E-state index in [-0.39, 0.29) is 6.54 Å². The van der Waals surface area contributed by atoms with E-state index in [9.17, 15) is 4.39 Å². The number of hydrogen-bond donors (Lipinski definition) is 0. The van der Waals surface area contributed by atoms with Crippen LogP contribution in [0.25, 0.3) is 5.69 Å². The second-order valence-electron chi connectivity index (χ2n) is 5.67. The molecule has 4 nitrogen and oxygen atoms in total. The van der Waals surface area contributed by atoms with Gasteiger partial charge in [-0.2, -0.15) is 4.57 Å². The van der Waals surface area contributed by atoms with Crippen LogP contribution in [0.4, 0.5) is 4.39 Å². The third-order valence-electron chi connectivity index (χ3n) is 4.20. The summed E-state index contributed by atoms with van der Waals surface area (Å²) >= 11 is 12.8. The molecular formula is C19H13Cl2FN3O+. The molecule has 1 aliphatic rings. The van der Waals surface area contributed by atoms with Gasteiger partial charge in [-0.1, -0.05) is 28.2 Å². The number of benzene rings is 2. The van der Waals surface area contributed by atoms with E-state index in [1.165, 1.54) is 13.2 Å². The first kappa shape index (κ1) is 16.9. The summed E-state index contributed by atoms with van der Waals surface area (Å²) in [5, 5.41) is 0.684. The van der Waals surface area contributed by atoms with Crippen molar-refractivity contribution in [1.82, 2.24) is 4.98 Å². The van der Waals surface area contributed by atoms with Crippen LogP contribution in [0.3, 0.4) is 0 Å². The van der Waals surface area contributed by atoms with Crippen LogP contribution in [0, 0.1) is 5.82 Å². The number of aromatic nitrogens is 2. The minimum atomic E-state index is -0.421. The van der Waals surface area contributed by atoms with Crippen molar-refractivity contribution < 1.29 is 13.7 Å². The molecule has 0 N–H and O–H groups in total. The predicted molar refractivity (Wildman–Crippen MR) is 98.1 cm³/mol. The van der Waals surface area contributed by atoms with Gasteiger partial charge in [0.25, 0.3) is 0 Å². The molecule has 0 fully saturated rings. The van der Waals surface area contributed by atoms with Crippen molar-refractivity contribution in [1.29, 1.82) is 0 Å². The predicted octanol–water partition coefficient (Wildman–Crippen LogP) is 4.16. The average Bonchev–Trinajstić information content (AvgIpc) is 2.83. The number of fused-ring (bicyclic) bond motifs is 3. The van der Waals surface area contributed by atoms with E-state index in [1.54, 1.807) is 24.4 Å². The third-order valence-corrected chi connectivity index (χ3v) is 5.00. The highest BCUT2D eigenvalue weighted by Crippen LogP contribution is 2.33. The normalized spacial score (nSPS) is 12.7. The summed E-state index contributed by atoms with van der Waals surface area (Å²) in [4.78, 5) is 8.98. The molecule has 0 bridgehead atoms. The van der Waals surface area contributed by atoms with E-state index in [2.05, 4.69) is 9.98 Å². The summed E-state index contributed by atoms with van der Waals surface area (Å²) in [5.74, 6) is 0.817. The molecule has 26 heavy (non-hydrogen) atoms. The highest BCUT2D eigenvalue weighted by atomic mass is 35.5. The second kappa shape index (κ2) is 6.67. The Morgan fingerprint density at radius 3 is 2.85 bits per heavy atom. The minimum absolute atomic E-state index is 0.273. The Morgan fingerprint density at radius 2 is 2.04 bits per heavy atom. The molecule has 4 rings (SSSR count). The van der Waals surface area contributed by atoms with Crippen LogP contribution in [0.2, 0.25) is 10.0 Å². The van der Waals surface area contributed by atoms with Gasteiger partial charge in [0.2, 0.25) is 0 Å². The van der Waals surface area contributed by atoms with E-state index < -0.39 is 5.82 Å². The summed E-state index contributed by atoms with van der Waals surface area (Å²) in [7, 11) is 1.53. The monoisotopic (exact) mass is 388 g/mol. The number of hydrogen-bond acceptors (Lipinski definition) is 3. The lowest BCUT2D eigenvalue weighted by Gasteiger charge is -2.13. The zero-order chi connectivity index (χ0) is 18.3. The van der Waals surface area contributed by atoms with Crippen molar-refractivity contribution in [2.24, 2.45) is 4.99 Å². The van der Waals surface area contributed by atoms with Gasteiger partial charge in [0.1, 0.15) is 36.2 Å². The number of methoxy groups -OCH3 is 1. The first-order chi connectivity index (χ1) is 12.6. The lowest BCUT2D eigenvalue weighted by molar-refractivity contribution is -0.607. The molecule has 0 radical (unpaired) electrons.